The summed E-state index contributed by atoms with van der Waals surface area (Å²) >= 11 is 5.45. The van der Waals surface area contributed by atoms with Gasteiger partial charge in [-0.05, 0) is 77.6 Å². The fourth-order valence-electron chi connectivity index (χ4n) is 4.37. The molecule has 1 atom stereocenters. The first-order valence-electron chi connectivity index (χ1n) is 11.5. The molecule has 4 rings (SSSR count). The van der Waals surface area contributed by atoms with Crippen LogP contribution in [0.5, 0.6) is 0 Å². The molecule has 1 aliphatic rings. The van der Waals surface area contributed by atoms with Gasteiger partial charge >= 0.3 is 5.97 Å². The van der Waals surface area contributed by atoms with Gasteiger partial charge in [0.2, 0.25) is 0 Å². The summed E-state index contributed by atoms with van der Waals surface area (Å²) in [5, 5.41) is 6.96. The van der Waals surface area contributed by atoms with Crippen molar-refractivity contribution in [3.8, 4) is 11.1 Å². The molecule has 3 aromatic rings. The number of carbonyl (C=O) groups is 2. The Morgan fingerprint density at radius 2 is 1.69 bits per heavy atom. The molecule has 2 N–H and O–H groups in total. The van der Waals surface area contributed by atoms with Crippen LogP contribution in [0, 0.1) is 12.8 Å². The number of nitrogens with one attached hydrogen (secondary N) is 2. The molecular formula is C28H29N3O3S. The molecule has 0 bridgehead atoms. The minimum atomic E-state index is -0.606. The summed E-state index contributed by atoms with van der Waals surface area (Å²) in [6.45, 7) is 6.25. The predicted molar refractivity (Wildman–Crippen MR) is 143 cm³/mol. The molecular weight excluding hydrogens is 458 g/mol. The second-order valence-electron chi connectivity index (χ2n) is 8.99. The van der Waals surface area contributed by atoms with Crippen molar-refractivity contribution in [2.45, 2.75) is 33.4 Å². The van der Waals surface area contributed by atoms with Gasteiger partial charge in [0.25, 0.3) is 5.91 Å². The monoisotopic (exact) mass is 487 g/mol. The van der Waals surface area contributed by atoms with Gasteiger partial charge in [-0.25, -0.2) is 4.79 Å². The van der Waals surface area contributed by atoms with Gasteiger partial charge < -0.3 is 20.3 Å². The summed E-state index contributed by atoms with van der Waals surface area (Å²) in [6, 6.07) is 21.1. The van der Waals surface area contributed by atoms with E-state index in [2.05, 4.69) is 10.6 Å². The molecule has 0 unspecified atom stereocenters. The number of esters is 1. The summed E-state index contributed by atoms with van der Waals surface area (Å²) in [5.74, 6) is -0.573. The van der Waals surface area contributed by atoms with Crippen molar-refractivity contribution in [3.05, 3.63) is 83.4 Å². The van der Waals surface area contributed by atoms with E-state index in [0.717, 1.165) is 33.6 Å². The maximum Gasteiger partial charge on any atom is 0.328 e. The molecule has 180 valence electrons. The highest BCUT2D eigenvalue weighted by Crippen LogP contribution is 2.32. The number of para-hydroxylation sites is 1. The number of fused-ring (bicyclic) bond motifs is 1. The third-order valence-corrected chi connectivity index (χ3v) is 6.42. The van der Waals surface area contributed by atoms with Crippen molar-refractivity contribution >= 4 is 40.6 Å². The zero-order valence-electron chi connectivity index (χ0n) is 20.3. The number of hydrogen-bond acceptors (Lipinski definition) is 4. The van der Waals surface area contributed by atoms with Gasteiger partial charge in [-0.3, -0.25) is 4.79 Å². The van der Waals surface area contributed by atoms with Crippen LogP contribution in [0.25, 0.3) is 11.1 Å². The van der Waals surface area contributed by atoms with Gasteiger partial charge in [-0.15, -0.1) is 0 Å². The van der Waals surface area contributed by atoms with E-state index in [1.807, 2.05) is 87.5 Å². The molecule has 0 saturated carbocycles. The summed E-state index contributed by atoms with van der Waals surface area (Å²) in [7, 11) is 1.35. The summed E-state index contributed by atoms with van der Waals surface area (Å²) < 4.78 is 4.95. The highest BCUT2D eigenvalue weighted by atomic mass is 32.1. The largest absolute Gasteiger partial charge is 0.467 e. The van der Waals surface area contributed by atoms with Crippen molar-refractivity contribution in [1.82, 2.24) is 4.90 Å². The Hall–Kier alpha value is -3.71. The first-order chi connectivity index (χ1) is 16.8. The number of nitrogens with zero attached hydrogens (tertiary/aromatic N) is 1. The van der Waals surface area contributed by atoms with Gasteiger partial charge in [-0.2, -0.15) is 0 Å². The number of anilines is 2. The molecule has 0 fully saturated rings. The van der Waals surface area contributed by atoms with Crippen LogP contribution < -0.4 is 10.6 Å². The topological polar surface area (TPSA) is 70.7 Å². The maximum absolute atomic E-state index is 13.0. The predicted octanol–water partition coefficient (Wildman–Crippen LogP) is 5.62. The smallest absolute Gasteiger partial charge is 0.328 e. The van der Waals surface area contributed by atoms with Crippen molar-refractivity contribution in [2.75, 3.05) is 17.7 Å². The van der Waals surface area contributed by atoms with Crippen molar-refractivity contribution < 1.29 is 14.3 Å². The lowest BCUT2D eigenvalue weighted by atomic mass is 10.0. The highest BCUT2D eigenvalue weighted by Gasteiger charge is 2.38. The maximum atomic E-state index is 13.0. The Morgan fingerprint density at radius 1 is 1.00 bits per heavy atom. The quantitative estimate of drug-likeness (QED) is 0.347. The van der Waals surface area contributed by atoms with Gasteiger partial charge in [0.1, 0.15) is 6.04 Å². The SMILES string of the molecule is COC(=O)[C@H](C(C)C)N1Cc2cc(-c3ccc(NC(=S)Nc4ccccc4C)cc3)ccc2C1=O. The van der Waals surface area contributed by atoms with E-state index < -0.39 is 6.04 Å². The van der Waals surface area contributed by atoms with Crippen molar-refractivity contribution in [1.29, 1.82) is 0 Å². The Morgan fingerprint density at radius 3 is 2.34 bits per heavy atom. The standard InChI is InChI=1S/C28H29N3O3S/c1-17(2)25(27(33)34-4)31-16-21-15-20(11-14-23(21)26(31)32)19-9-12-22(13-10-19)29-28(35)30-24-8-6-5-7-18(24)3/h5-15,17,25H,16H2,1-4H3,(H2,29,30,35)/t25-/m0/s1. The van der Waals surface area contributed by atoms with Gasteiger partial charge in [0.05, 0.1) is 7.11 Å². The van der Waals surface area contributed by atoms with Crippen molar-refractivity contribution in [3.63, 3.8) is 0 Å². The number of rotatable bonds is 6. The third kappa shape index (κ3) is 5.20. The Balaban J connectivity index is 1.47. The highest BCUT2D eigenvalue weighted by molar-refractivity contribution is 7.80. The molecule has 1 aliphatic heterocycles. The Bertz CT molecular complexity index is 1270. The summed E-state index contributed by atoms with van der Waals surface area (Å²) in [5.41, 5.74) is 6.53. The van der Waals surface area contributed by atoms with Crippen LogP contribution in [0.15, 0.2) is 66.7 Å². The van der Waals surface area contributed by atoms with Crippen LogP contribution in [0.1, 0.15) is 35.3 Å². The lowest BCUT2D eigenvalue weighted by Gasteiger charge is -2.28. The number of ether oxygens (including phenoxy) is 1. The molecule has 0 radical (unpaired) electrons. The number of aryl methyl sites for hydroxylation is 1. The number of benzene rings is 3. The van der Waals surface area contributed by atoms with E-state index in [0.29, 0.717) is 17.2 Å². The molecule has 1 amide bonds. The second-order valence-corrected chi connectivity index (χ2v) is 9.40. The number of carbonyl (C=O) groups excluding carboxylic acids is 2. The van der Waals surface area contributed by atoms with Gasteiger partial charge in [-0.1, -0.05) is 50.2 Å². The zero-order chi connectivity index (χ0) is 25.1. The number of thiocarbonyl (C=S) groups is 1. The number of methoxy groups -OCH3 is 1. The molecule has 0 aliphatic carbocycles. The molecule has 35 heavy (non-hydrogen) atoms. The van der Waals surface area contributed by atoms with Gasteiger partial charge in [0, 0.05) is 23.5 Å². The fraction of sp³-hybridized carbons (Fsp3) is 0.250. The van der Waals surface area contributed by atoms with E-state index in [1.54, 1.807) is 4.90 Å². The molecule has 7 heteroatoms. The molecule has 0 spiro atoms. The zero-order valence-corrected chi connectivity index (χ0v) is 21.1. The molecule has 6 nitrogen and oxygen atoms in total. The lowest BCUT2D eigenvalue weighted by molar-refractivity contribution is -0.147. The third-order valence-electron chi connectivity index (χ3n) is 6.22. The number of hydrogen-bond donors (Lipinski definition) is 2. The lowest BCUT2D eigenvalue weighted by Crippen LogP contribution is -2.45. The molecule has 3 aromatic carbocycles. The van der Waals surface area contributed by atoms with Gasteiger partial charge in [0.15, 0.2) is 5.11 Å². The van der Waals surface area contributed by atoms with Crippen LogP contribution in [-0.4, -0.2) is 35.0 Å². The second kappa shape index (κ2) is 10.3. The average Bonchev–Trinajstić information content (AvgIpc) is 3.16. The fourth-order valence-corrected chi connectivity index (χ4v) is 4.60. The minimum Gasteiger partial charge on any atom is -0.467 e. The molecule has 0 saturated heterocycles. The molecule has 1 heterocycles. The number of amides is 1. The Kier molecular flexibility index (Phi) is 7.17. The van der Waals surface area contributed by atoms with E-state index >= 15 is 0 Å². The van der Waals surface area contributed by atoms with E-state index in [-0.39, 0.29) is 17.8 Å². The van der Waals surface area contributed by atoms with E-state index in [1.165, 1.54) is 7.11 Å². The van der Waals surface area contributed by atoms with Crippen LogP contribution in [0.2, 0.25) is 0 Å². The summed E-state index contributed by atoms with van der Waals surface area (Å²) in [6.07, 6.45) is 0. The first-order valence-corrected chi connectivity index (χ1v) is 11.9. The Labute approximate surface area is 211 Å². The first kappa shape index (κ1) is 24.4. The van der Waals surface area contributed by atoms with Crippen LogP contribution in [0.3, 0.4) is 0 Å². The normalized spacial score (nSPS) is 13.4. The average molecular weight is 488 g/mol. The molecule has 0 aromatic heterocycles. The van der Waals surface area contributed by atoms with Crippen molar-refractivity contribution in [2.24, 2.45) is 5.92 Å². The van der Waals surface area contributed by atoms with E-state index in [4.69, 9.17) is 17.0 Å². The summed E-state index contributed by atoms with van der Waals surface area (Å²) in [4.78, 5) is 26.9. The van der Waals surface area contributed by atoms with Crippen LogP contribution >= 0.6 is 12.2 Å². The minimum absolute atomic E-state index is 0.0494. The van der Waals surface area contributed by atoms with E-state index in [9.17, 15) is 9.59 Å². The van der Waals surface area contributed by atoms with Crippen LogP contribution in [-0.2, 0) is 16.1 Å². The van der Waals surface area contributed by atoms with Crippen LogP contribution in [0.4, 0.5) is 11.4 Å².